The number of fused-ring (bicyclic) bond motifs is 1. The molecule has 2 fully saturated rings. The third-order valence-electron chi connectivity index (χ3n) is 5.97. The minimum atomic E-state index is -0.854. The van der Waals surface area contributed by atoms with Gasteiger partial charge in [0.2, 0.25) is 0 Å². The van der Waals surface area contributed by atoms with Gasteiger partial charge in [0.15, 0.2) is 0 Å². The summed E-state index contributed by atoms with van der Waals surface area (Å²) in [5.41, 5.74) is 1.85. The topological polar surface area (TPSA) is 43.8 Å². The summed E-state index contributed by atoms with van der Waals surface area (Å²) in [6, 6.07) is 7.98. The first-order valence-corrected chi connectivity index (χ1v) is 8.78. The van der Waals surface area contributed by atoms with E-state index in [1.54, 1.807) is 12.1 Å². The Labute approximate surface area is 139 Å². The van der Waals surface area contributed by atoms with Crippen LogP contribution in [0.25, 0.3) is 0 Å². The molecule has 2 saturated heterocycles. The molecule has 1 aromatic rings. The van der Waals surface area contributed by atoms with E-state index in [1.807, 2.05) is 12.1 Å². The molecule has 0 amide bonds. The maximum atomic E-state index is 11.0. The summed E-state index contributed by atoms with van der Waals surface area (Å²) in [6.07, 6.45) is 6.39. The lowest BCUT2D eigenvalue weighted by Crippen LogP contribution is -2.61. The maximum Gasteiger partial charge on any atom is 0.335 e. The SMILES string of the molecule is CN1CCCC[C@@H]2N(Cc3ccc(C(=O)O)cc3)CCC[C@@]21C. The number of carboxylic acid groups (broad SMARTS) is 1. The molecule has 2 heterocycles. The molecular formula is C19H28N2O2. The monoisotopic (exact) mass is 316 g/mol. The van der Waals surface area contributed by atoms with Gasteiger partial charge in [-0.25, -0.2) is 4.79 Å². The molecule has 1 aromatic carbocycles. The van der Waals surface area contributed by atoms with Gasteiger partial charge in [0, 0.05) is 18.1 Å². The molecule has 0 radical (unpaired) electrons. The highest BCUT2D eigenvalue weighted by Crippen LogP contribution is 2.38. The van der Waals surface area contributed by atoms with Crippen LogP contribution < -0.4 is 0 Å². The summed E-state index contributed by atoms with van der Waals surface area (Å²) >= 11 is 0. The van der Waals surface area contributed by atoms with Gasteiger partial charge in [-0.1, -0.05) is 18.6 Å². The molecule has 0 bridgehead atoms. The zero-order valence-electron chi connectivity index (χ0n) is 14.3. The number of carboxylic acids is 1. The Balaban J connectivity index is 1.77. The number of likely N-dealkylation sites (tertiary alicyclic amines) is 2. The molecule has 0 spiro atoms. The molecule has 2 aliphatic heterocycles. The number of hydrogen-bond donors (Lipinski definition) is 1. The van der Waals surface area contributed by atoms with Gasteiger partial charge in [-0.2, -0.15) is 0 Å². The van der Waals surface area contributed by atoms with E-state index in [2.05, 4.69) is 23.8 Å². The van der Waals surface area contributed by atoms with Crippen molar-refractivity contribution in [3.05, 3.63) is 35.4 Å². The number of piperidine rings is 1. The second-order valence-electron chi connectivity index (χ2n) is 7.37. The first kappa shape index (κ1) is 16.5. The minimum Gasteiger partial charge on any atom is -0.478 e. The van der Waals surface area contributed by atoms with Gasteiger partial charge in [0.25, 0.3) is 0 Å². The van der Waals surface area contributed by atoms with E-state index in [0.29, 0.717) is 11.6 Å². The average Bonchev–Trinajstić information content (AvgIpc) is 2.68. The number of hydrogen-bond acceptors (Lipinski definition) is 3. The minimum absolute atomic E-state index is 0.274. The van der Waals surface area contributed by atoms with Gasteiger partial charge in [-0.3, -0.25) is 9.80 Å². The Morgan fingerprint density at radius 2 is 1.96 bits per heavy atom. The zero-order valence-corrected chi connectivity index (χ0v) is 14.3. The van der Waals surface area contributed by atoms with Crippen LogP contribution in [0.5, 0.6) is 0 Å². The van der Waals surface area contributed by atoms with Crippen LogP contribution in [0.4, 0.5) is 0 Å². The first-order chi connectivity index (χ1) is 11.0. The molecule has 2 atom stereocenters. The van der Waals surface area contributed by atoms with Crippen molar-refractivity contribution >= 4 is 5.97 Å². The van der Waals surface area contributed by atoms with Crippen molar-refractivity contribution in [2.24, 2.45) is 0 Å². The van der Waals surface area contributed by atoms with Gasteiger partial charge in [-0.15, -0.1) is 0 Å². The number of likely N-dealkylation sites (N-methyl/N-ethyl adjacent to an activating group) is 1. The standard InChI is InChI=1S/C19H28N2O2/c1-19-11-5-13-21(17(19)6-3-4-12-20(19)2)14-15-7-9-16(10-8-15)18(22)23/h7-10,17H,3-6,11-14H2,1-2H3,(H,22,23)/t17-,19-/m0/s1. The van der Waals surface area contributed by atoms with Crippen LogP contribution in [0.2, 0.25) is 0 Å². The van der Waals surface area contributed by atoms with E-state index < -0.39 is 5.97 Å². The van der Waals surface area contributed by atoms with Gasteiger partial charge in [-0.05, 0) is 70.4 Å². The predicted molar refractivity (Wildman–Crippen MR) is 91.7 cm³/mol. The number of benzene rings is 1. The number of rotatable bonds is 3. The Hall–Kier alpha value is -1.39. The third-order valence-corrected chi connectivity index (χ3v) is 5.97. The summed E-state index contributed by atoms with van der Waals surface area (Å²) < 4.78 is 0. The van der Waals surface area contributed by atoms with E-state index in [-0.39, 0.29) is 5.54 Å². The van der Waals surface area contributed by atoms with Crippen LogP contribution in [-0.4, -0.2) is 52.6 Å². The maximum absolute atomic E-state index is 11.0. The number of nitrogens with zero attached hydrogens (tertiary/aromatic N) is 2. The molecule has 0 saturated carbocycles. The summed E-state index contributed by atoms with van der Waals surface area (Å²) in [4.78, 5) is 16.2. The molecule has 0 aromatic heterocycles. The van der Waals surface area contributed by atoms with Gasteiger partial charge < -0.3 is 5.11 Å². The lowest BCUT2D eigenvalue weighted by molar-refractivity contribution is -0.0134. The number of carbonyl (C=O) groups is 1. The molecule has 2 aliphatic rings. The molecular weight excluding hydrogens is 288 g/mol. The third kappa shape index (κ3) is 3.29. The van der Waals surface area contributed by atoms with Crippen LogP contribution in [0.1, 0.15) is 54.9 Å². The van der Waals surface area contributed by atoms with Crippen molar-refractivity contribution in [1.82, 2.24) is 9.80 Å². The second-order valence-corrected chi connectivity index (χ2v) is 7.37. The Morgan fingerprint density at radius 1 is 1.22 bits per heavy atom. The molecule has 4 heteroatoms. The highest BCUT2D eigenvalue weighted by molar-refractivity contribution is 5.87. The van der Waals surface area contributed by atoms with Crippen molar-refractivity contribution in [2.45, 2.75) is 57.2 Å². The Morgan fingerprint density at radius 3 is 2.65 bits per heavy atom. The van der Waals surface area contributed by atoms with Gasteiger partial charge in [0.05, 0.1) is 5.56 Å². The van der Waals surface area contributed by atoms with Gasteiger partial charge in [0.1, 0.15) is 0 Å². The van der Waals surface area contributed by atoms with E-state index in [1.165, 1.54) is 44.2 Å². The van der Waals surface area contributed by atoms with Crippen LogP contribution >= 0.6 is 0 Å². The largest absolute Gasteiger partial charge is 0.478 e. The fourth-order valence-electron chi connectivity index (χ4n) is 4.41. The van der Waals surface area contributed by atoms with Crippen LogP contribution in [0, 0.1) is 0 Å². The van der Waals surface area contributed by atoms with Crippen molar-refractivity contribution in [1.29, 1.82) is 0 Å². The van der Waals surface area contributed by atoms with Crippen molar-refractivity contribution < 1.29 is 9.90 Å². The van der Waals surface area contributed by atoms with Gasteiger partial charge >= 0.3 is 5.97 Å². The molecule has 4 nitrogen and oxygen atoms in total. The predicted octanol–water partition coefficient (Wildman–Crippen LogP) is 3.22. The smallest absolute Gasteiger partial charge is 0.335 e. The summed E-state index contributed by atoms with van der Waals surface area (Å²) in [5.74, 6) is -0.854. The molecule has 126 valence electrons. The van der Waals surface area contributed by atoms with Crippen LogP contribution in [-0.2, 0) is 6.54 Å². The second kappa shape index (κ2) is 6.62. The van der Waals surface area contributed by atoms with E-state index in [9.17, 15) is 4.79 Å². The average molecular weight is 316 g/mol. The Kier molecular flexibility index (Phi) is 4.74. The number of aromatic carboxylic acids is 1. The van der Waals surface area contributed by atoms with Crippen molar-refractivity contribution in [2.75, 3.05) is 20.1 Å². The quantitative estimate of drug-likeness (QED) is 0.930. The molecule has 0 aliphatic carbocycles. The summed E-state index contributed by atoms with van der Waals surface area (Å²) in [6.45, 7) is 5.71. The Bertz CT molecular complexity index is 557. The highest BCUT2D eigenvalue weighted by Gasteiger charge is 2.44. The molecule has 0 unspecified atom stereocenters. The lowest BCUT2D eigenvalue weighted by atomic mass is 9.80. The van der Waals surface area contributed by atoms with Crippen molar-refractivity contribution in [3.63, 3.8) is 0 Å². The summed E-state index contributed by atoms with van der Waals surface area (Å²) in [7, 11) is 2.28. The summed E-state index contributed by atoms with van der Waals surface area (Å²) in [5, 5.41) is 9.03. The molecule has 1 N–H and O–H groups in total. The normalized spacial score (nSPS) is 29.7. The van der Waals surface area contributed by atoms with Crippen LogP contribution in [0.3, 0.4) is 0 Å². The van der Waals surface area contributed by atoms with Crippen LogP contribution in [0.15, 0.2) is 24.3 Å². The fraction of sp³-hybridized carbons (Fsp3) is 0.632. The lowest BCUT2D eigenvalue weighted by Gasteiger charge is -2.52. The zero-order chi connectivity index (χ0) is 16.4. The molecule has 23 heavy (non-hydrogen) atoms. The fourth-order valence-corrected chi connectivity index (χ4v) is 4.41. The first-order valence-electron chi connectivity index (χ1n) is 8.78. The van der Waals surface area contributed by atoms with E-state index in [0.717, 1.165) is 13.1 Å². The van der Waals surface area contributed by atoms with Crippen molar-refractivity contribution in [3.8, 4) is 0 Å². The highest BCUT2D eigenvalue weighted by atomic mass is 16.4. The van der Waals surface area contributed by atoms with E-state index in [4.69, 9.17) is 5.11 Å². The molecule has 3 rings (SSSR count). The van der Waals surface area contributed by atoms with E-state index >= 15 is 0 Å².